The number of carboxylic acid groups (broad SMARTS) is 1. The molecule has 1 aromatic rings. The van der Waals surface area contributed by atoms with Crippen molar-refractivity contribution in [1.29, 1.82) is 0 Å². The summed E-state index contributed by atoms with van der Waals surface area (Å²) < 4.78 is 5.19. The number of hydrogen-bond acceptors (Lipinski definition) is 4. The van der Waals surface area contributed by atoms with Crippen LogP contribution >= 0.6 is 0 Å². The van der Waals surface area contributed by atoms with Crippen molar-refractivity contribution in [2.75, 3.05) is 0 Å². The van der Waals surface area contributed by atoms with Gasteiger partial charge in [-0.1, -0.05) is 30.8 Å². The predicted octanol–water partition coefficient (Wildman–Crippen LogP) is 2.91. The first-order chi connectivity index (χ1) is 8.75. The van der Waals surface area contributed by atoms with Crippen molar-refractivity contribution in [3.05, 3.63) is 11.7 Å². The van der Waals surface area contributed by atoms with E-state index >= 15 is 0 Å². The topological polar surface area (TPSA) is 76.2 Å². The molecule has 1 aliphatic rings. The first-order valence-electron chi connectivity index (χ1n) is 6.80. The van der Waals surface area contributed by atoms with Crippen molar-refractivity contribution in [3.63, 3.8) is 0 Å². The lowest BCUT2D eigenvalue weighted by Gasteiger charge is -2.07. The molecule has 0 bridgehead atoms. The minimum atomic E-state index is -0.779. The highest BCUT2D eigenvalue weighted by Crippen LogP contribution is 2.29. The summed E-state index contributed by atoms with van der Waals surface area (Å²) >= 11 is 0. The lowest BCUT2D eigenvalue weighted by atomic mass is 10.00. The van der Waals surface area contributed by atoms with E-state index in [0.717, 1.165) is 18.7 Å². The van der Waals surface area contributed by atoms with Crippen LogP contribution in [-0.4, -0.2) is 21.2 Å². The number of nitrogens with zero attached hydrogens (tertiary/aromatic N) is 2. The Hall–Kier alpha value is -1.39. The van der Waals surface area contributed by atoms with Crippen molar-refractivity contribution < 1.29 is 14.4 Å². The summed E-state index contributed by atoms with van der Waals surface area (Å²) in [4.78, 5) is 14.8. The molecule has 2 rings (SSSR count). The minimum absolute atomic E-state index is 0.154. The van der Waals surface area contributed by atoms with Gasteiger partial charge < -0.3 is 9.63 Å². The maximum Gasteiger partial charge on any atom is 0.303 e. The van der Waals surface area contributed by atoms with E-state index < -0.39 is 5.97 Å². The first kappa shape index (κ1) is 13.1. The van der Waals surface area contributed by atoms with Gasteiger partial charge >= 0.3 is 5.97 Å². The highest BCUT2D eigenvalue weighted by molar-refractivity contribution is 5.66. The lowest BCUT2D eigenvalue weighted by Crippen LogP contribution is -2.00. The molecule has 0 unspecified atom stereocenters. The standard InChI is InChI=1S/C13H20N2O3/c16-12(17)9-5-8-11-14-13(15-18-11)10-6-3-1-2-4-7-10/h10H,1-9H2,(H,16,17). The van der Waals surface area contributed by atoms with Crippen molar-refractivity contribution in [2.24, 2.45) is 0 Å². The van der Waals surface area contributed by atoms with Gasteiger partial charge in [-0.15, -0.1) is 0 Å². The third-order valence-electron chi connectivity index (χ3n) is 3.49. The van der Waals surface area contributed by atoms with Crippen molar-refractivity contribution in [3.8, 4) is 0 Å². The van der Waals surface area contributed by atoms with E-state index in [0.29, 0.717) is 24.7 Å². The Morgan fingerprint density at radius 2 is 2.00 bits per heavy atom. The number of aryl methyl sites for hydroxylation is 1. The molecular weight excluding hydrogens is 232 g/mol. The third kappa shape index (κ3) is 3.82. The van der Waals surface area contributed by atoms with Gasteiger partial charge in [-0.3, -0.25) is 4.79 Å². The van der Waals surface area contributed by atoms with Gasteiger partial charge in [-0.25, -0.2) is 0 Å². The quantitative estimate of drug-likeness (QED) is 0.815. The Morgan fingerprint density at radius 1 is 1.28 bits per heavy atom. The van der Waals surface area contributed by atoms with Gasteiger partial charge in [-0.2, -0.15) is 4.98 Å². The molecule has 1 aromatic heterocycles. The summed E-state index contributed by atoms with van der Waals surface area (Å²) in [6, 6.07) is 0. The van der Waals surface area contributed by atoms with Crippen LogP contribution in [0.1, 0.15) is 69.0 Å². The summed E-state index contributed by atoms with van der Waals surface area (Å²) in [5.41, 5.74) is 0. The zero-order valence-electron chi connectivity index (χ0n) is 10.6. The average molecular weight is 252 g/mol. The molecule has 0 saturated heterocycles. The van der Waals surface area contributed by atoms with Crippen LogP contribution < -0.4 is 0 Å². The van der Waals surface area contributed by atoms with Gasteiger partial charge in [0.1, 0.15) is 0 Å². The van der Waals surface area contributed by atoms with Crippen LogP contribution in [0.4, 0.5) is 0 Å². The minimum Gasteiger partial charge on any atom is -0.481 e. The highest BCUT2D eigenvalue weighted by Gasteiger charge is 2.19. The van der Waals surface area contributed by atoms with Gasteiger partial charge in [0.15, 0.2) is 5.82 Å². The van der Waals surface area contributed by atoms with E-state index in [1.807, 2.05) is 0 Å². The molecule has 1 aliphatic carbocycles. The number of rotatable bonds is 5. The molecule has 0 radical (unpaired) electrons. The largest absolute Gasteiger partial charge is 0.481 e. The van der Waals surface area contributed by atoms with E-state index in [4.69, 9.17) is 9.63 Å². The third-order valence-corrected chi connectivity index (χ3v) is 3.49. The van der Waals surface area contributed by atoms with E-state index in [1.165, 1.54) is 25.7 Å². The lowest BCUT2D eigenvalue weighted by molar-refractivity contribution is -0.137. The van der Waals surface area contributed by atoms with Gasteiger partial charge in [0.2, 0.25) is 5.89 Å². The predicted molar refractivity (Wildman–Crippen MR) is 65.3 cm³/mol. The Bertz CT molecular complexity index is 381. The molecule has 0 spiro atoms. The molecule has 1 N–H and O–H groups in total. The molecule has 0 amide bonds. The maximum atomic E-state index is 10.4. The van der Waals surface area contributed by atoms with Crippen molar-refractivity contribution >= 4 is 5.97 Å². The van der Waals surface area contributed by atoms with Crippen LogP contribution in [0.3, 0.4) is 0 Å². The average Bonchev–Trinajstić information content (AvgIpc) is 2.63. The molecule has 1 fully saturated rings. The molecule has 5 heteroatoms. The highest BCUT2D eigenvalue weighted by atomic mass is 16.5. The van der Waals surface area contributed by atoms with Gasteiger partial charge in [0, 0.05) is 18.8 Å². The smallest absolute Gasteiger partial charge is 0.303 e. The summed E-state index contributed by atoms with van der Waals surface area (Å²) in [7, 11) is 0. The fraction of sp³-hybridized carbons (Fsp3) is 0.769. The van der Waals surface area contributed by atoms with E-state index in [9.17, 15) is 4.79 Å². The van der Waals surface area contributed by atoms with Crippen LogP contribution in [0.5, 0.6) is 0 Å². The summed E-state index contributed by atoms with van der Waals surface area (Å²) in [6.07, 6.45) is 8.66. The first-order valence-corrected chi connectivity index (χ1v) is 6.80. The number of carboxylic acids is 1. The van der Waals surface area contributed by atoms with Gasteiger partial charge in [-0.05, 0) is 19.3 Å². The number of hydrogen-bond donors (Lipinski definition) is 1. The summed E-state index contributed by atoms with van der Waals surface area (Å²) in [5.74, 6) is 1.06. The molecule has 5 nitrogen and oxygen atoms in total. The molecule has 1 saturated carbocycles. The van der Waals surface area contributed by atoms with Crippen LogP contribution in [0.15, 0.2) is 4.52 Å². The molecule has 18 heavy (non-hydrogen) atoms. The maximum absolute atomic E-state index is 10.4. The molecule has 0 atom stereocenters. The van der Waals surface area contributed by atoms with E-state index in [1.54, 1.807) is 0 Å². The molecule has 0 aliphatic heterocycles. The van der Waals surface area contributed by atoms with Crippen LogP contribution in [0.25, 0.3) is 0 Å². The molecule has 0 aromatic carbocycles. The molecule has 1 heterocycles. The van der Waals surface area contributed by atoms with Gasteiger partial charge in [0.05, 0.1) is 0 Å². The normalized spacial score (nSPS) is 17.6. The fourth-order valence-corrected chi connectivity index (χ4v) is 2.46. The second-order valence-electron chi connectivity index (χ2n) is 4.98. The second-order valence-corrected chi connectivity index (χ2v) is 4.98. The fourth-order valence-electron chi connectivity index (χ4n) is 2.46. The van der Waals surface area contributed by atoms with Crippen LogP contribution in [0, 0.1) is 0 Å². The van der Waals surface area contributed by atoms with Crippen LogP contribution in [-0.2, 0) is 11.2 Å². The van der Waals surface area contributed by atoms with E-state index in [-0.39, 0.29) is 6.42 Å². The summed E-state index contributed by atoms with van der Waals surface area (Å²) in [6.45, 7) is 0. The molecule has 100 valence electrons. The SMILES string of the molecule is O=C(O)CCCc1nc(C2CCCCCC2)no1. The second kappa shape index (κ2) is 6.52. The Balaban J connectivity index is 1.86. The molecular formula is C13H20N2O3. The van der Waals surface area contributed by atoms with E-state index in [2.05, 4.69) is 10.1 Å². The Kier molecular flexibility index (Phi) is 4.73. The van der Waals surface area contributed by atoms with Crippen LogP contribution in [0.2, 0.25) is 0 Å². The Labute approximate surface area is 107 Å². The summed E-state index contributed by atoms with van der Waals surface area (Å²) in [5, 5.41) is 12.6. The number of carbonyl (C=O) groups is 1. The van der Waals surface area contributed by atoms with Crippen molar-refractivity contribution in [2.45, 2.75) is 63.7 Å². The van der Waals surface area contributed by atoms with Crippen molar-refractivity contribution in [1.82, 2.24) is 10.1 Å². The number of aliphatic carboxylic acids is 1. The number of aromatic nitrogens is 2. The van der Waals surface area contributed by atoms with Gasteiger partial charge in [0.25, 0.3) is 0 Å². The monoisotopic (exact) mass is 252 g/mol. The zero-order valence-corrected chi connectivity index (χ0v) is 10.6. The zero-order chi connectivity index (χ0) is 12.8. The Morgan fingerprint density at radius 3 is 2.67 bits per heavy atom.